The van der Waals surface area contributed by atoms with Crippen LogP contribution in [0.25, 0.3) is 5.57 Å². The first-order valence-corrected chi connectivity index (χ1v) is 10.0. The Morgan fingerprint density at radius 3 is 2.14 bits per heavy atom. The van der Waals surface area contributed by atoms with Crippen LogP contribution in [0.2, 0.25) is 0 Å². The number of hydrogen-bond donors (Lipinski definition) is 0. The first-order chi connectivity index (χ1) is 13.3. The van der Waals surface area contributed by atoms with Crippen LogP contribution in [0.15, 0.2) is 52.2 Å². The van der Waals surface area contributed by atoms with Crippen LogP contribution in [0.1, 0.15) is 62.2 Å². The summed E-state index contributed by atoms with van der Waals surface area (Å²) in [5.41, 5.74) is 9.07. The molecule has 3 rings (SSSR count). The Morgan fingerprint density at radius 2 is 1.64 bits per heavy atom. The first kappa shape index (κ1) is 20.3. The molecule has 5 heteroatoms. The predicted molar refractivity (Wildman–Crippen MR) is 117 cm³/mol. The molecular formula is C23H28BF2N2-. The Kier molecular flexibility index (Phi) is 5.73. The Morgan fingerprint density at radius 1 is 1.00 bits per heavy atom. The van der Waals surface area contributed by atoms with Gasteiger partial charge in [0.1, 0.15) is 0 Å². The van der Waals surface area contributed by atoms with Crippen LogP contribution < -0.4 is 0 Å². The summed E-state index contributed by atoms with van der Waals surface area (Å²) >= 11 is 0. The van der Waals surface area contributed by atoms with E-state index in [1.54, 1.807) is 0 Å². The molecule has 148 valence electrons. The van der Waals surface area contributed by atoms with Crippen molar-refractivity contribution in [2.45, 2.75) is 54.4 Å². The van der Waals surface area contributed by atoms with Gasteiger partial charge in [-0.1, -0.05) is 44.2 Å². The van der Waals surface area contributed by atoms with Gasteiger partial charge in [0.2, 0.25) is 0 Å². The van der Waals surface area contributed by atoms with Crippen molar-refractivity contribution in [2.24, 2.45) is 4.99 Å². The minimum Gasteiger partial charge on any atom is -0.467 e. The van der Waals surface area contributed by atoms with Crippen molar-refractivity contribution < 1.29 is 8.63 Å². The van der Waals surface area contributed by atoms with Gasteiger partial charge in [-0.05, 0) is 74.1 Å². The maximum atomic E-state index is 14.3. The molecule has 0 bridgehead atoms. The van der Waals surface area contributed by atoms with Gasteiger partial charge in [-0.25, -0.2) is 0 Å². The molecule has 2 nitrogen and oxygen atoms in total. The fourth-order valence-electron chi connectivity index (χ4n) is 4.58. The number of aliphatic imine (C=N–C) groups is 1. The molecule has 1 aromatic carbocycles. The summed E-state index contributed by atoms with van der Waals surface area (Å²) < 4.78 is 29.8. The topological polar surface area (TPSA) is 17.3 Å². The highest BCUT2D eigenvalue weighted by Gasteiger charge is 2.27. The summed E-state index contributed by atoms with van der Waals surface area (Å²) in [7, 11) is -3.50. The van der Waals surface area contributed by atoms with Crippen LogP contribution in [0.5, 0.6) is 0 Å². The van der Waals surface area contributed by atoms with Gasteiger partial charge in [0.25, 0.3) is 0 Å². The van der Waals surface area contributed by atoms with E-state index in [-0.39, 0.29) is 0 Å². The van der Waals surface area contributed by atoms with Crippen molar-refractivity contribution in [1.82, 2.24) is 4.48 Å². The lowest BCUT2D eigenvalue weighted by Gasteiger charge is -2.22. The molecular weight excluding hydrogens is 353 g/mol. The Bertz CT molecular complexity index is 995. The third-order valence-electron chi connectivity index (χ3n) is 5.93. The van der Waals surface area contributed by atoms with Crippen molar-refractivity contribution in [3.63, 3.8) is 0 Å². The van der Waals surface area contributed by atoms with Crippen LogP contribution >= 0.6 is 0 Å². The molecule has 0 saturated carbocycles. The van der Waals surface area contributed by atoms with Gasteiger partial charge in [0.15, 0.2) is 0 Å². The standard InChI is InChI=1S/C23H28BF2N2/c1-7-19-14(3)22(27-16(19)5)21(18-12-10-9-11-13-18)23-15(4)20(8-2)17(6)28(23)24(25)26/h9-13,24H,7-8H2,1-6H3/q-1/b22-21-. The number of allylic oxidation sites excluding steroid dienone is 2. The third-order valence-corrected chi connectivity index (χ3v) is 5.93. The van der Waals surface area contributed by atoms with Crippen LogP contribution in [0.3, 0.4) is 0 Å². The number of benzene rings is 1. The zero-order valence-electron chi connectivity index (χ0n) is 17.7. The van der Waals surface area contributed by atoms with E-state index in [4.69, 9.17) is 4.99 Å². The summed E-state index contributed by atoms with van der Waals surface area (Å²) in [5, 5.41) is 0. The Balaban J connectivity index is 2.47. The molecule has 0 saturated heterocycles. The van der Waals surface area contributed by atoms with Crippen LogP contribution in [-0.2, 0) is 6.42 Å². The fraction of sp³-hybridized carbons (Fsp3) is 0.348. The van der Waals surface area contributed by atoms with Gasteiger partial charge in [-0.2, -0.15) is 0 Å². The van der Waals surface area contributed by atoms with E-state index in [0.29, 0.717) is 11.4 Å². The van der Waals surface area contributed by atoms with Gasteiger partial charge in [0.05, 0.1) is 5.70 Å². The fourth-order valence-corrected chi connectivity index (χ4v) is 4.58. The minimum atomic E-state index is -3.50. The highest BCUT2D eigenvalue weighted by atomic mass is 19.2. The first-order valence-electron chi connectivity index (χ1n) is 10.0. The van der Waals surface area contributed by atoms with E-state index < -0.39 is 7.40 Å². The average Bonchev–Trinajstić information content (AvgIpc) is 3.09. The highest BCUT2D eigenvalue weighted by molar-refractivity contribution is 6.41. The molecule has 2 heterocycles. The molecule has 28 heavy (non-hydrogen) atoms. The highest BCUT2D eigenvalue weighted by Crippen LogP contribution is 2.40. The molecule has 1 aliphatic rings. The number of nitrogens with zero attached hydrogens (tertiary/aromatic N) is 2. The van der Waals surface area contributed by atoms with Gasteiger partial charge < -0.3 is 13.1 Å². The normalized spacial score (nSPS) is 16.2. The molecule has 1 aliphatic heterocycles. The summed E-state index contributed by atoms with van der Waals surface area (Å²) in [6.07, 6.45) is 1.62. The molecule has 0 N–H and O–H groups in total. The van der Waals surface area contributed by atoms with Gasteiger partial charge in [0, 0.05) is 17.0 Å². The third kappa shape index (κ3) is 3.17. The zero-order chi connectivity index (χ0) is 20.6. The minimum absolute atomic E-state index is 0.619. The van der Waals surface area contributed by atoms with Crippen molar-refractivity contribution >= 4 is 18.7 Å². The van der Waals surface area contributed by atoms with Crippen molar-refractivity contribution in [2.75, 3.05) is 0 Å². The second-order valence-electron chi connectivity index (χ2n) is 7.40. The second-order valence-corrected chi connectivity index (χ2v) is 7.40. The van der Waals surface area contributed by atoms with Crippen molar-refractivity contribution in [1.29, 1.82) is 0 Å². The van der Waals surface area contributed by atoms with E-state index in [1.165, 1.54) is 10.1 Å². The van der Waals surface area contributed by atoms with Gasteiger partial charge in [-0.3, -0.25) is 4.99 Å². The van der Waals surface area contributed by atoms with E-state index in [0.717, 1.165) is 52.1 Å². The summed E-state index contributed by atoms with van der Waals surface area (Å²) in [6, 6.07) is 9.83. The van der Waals surface area contributed by atoms with E-state index >= 15 is 0 Å². The Labute approximate surface area is 166 Å². The van der Waals surface area contributed by atoms with E-state index in [2.05, 4.69) is 13.8 Å². The smallest absolute Gasteiger partial charge is 0.400 e. The second kappa shape index (κ2) is 7.90. The summed E-state index contributed by atoms with van der Waals surface area (Å²) in [4.78, 5) is 4.85. The van der Waals surface area contributed by atoms with Crippen LogP contribution in [-0.4, -0.2) is 17.6 Å². The van der Waals surface area contributed by atoms with E-state index in [1.807, 2.05) is 58.0 Å². The van der Waals surface area contributed by atoms with Crippen LogP contribution in [0.4, 0.5) is 8.63 Å². The number of aromatic nitrogens is 1. The lowest BCUT2D eigenvalue weighted by atomic mass is 9.92. The number of halogens is 2. The molecule has 0 fully saturated rings. The Hall–Kier alpha value is -2.43. The number of hydrogen-bond acceptors (Lipinski definition) is 1. The predicted octanol–water partition coefficient (Wildman–Crippen LogP) is 6.13. The monoisotopic (exact) mass is 381 g/mol. The molecule has 2 aromatic rings. The molecule has 0 amide bonds. The zero-order valence-corrected chi connectivity index (χ0v) is 17.7. The number of rotatable bonds is 5. The lowest BCUT2D eigenvalue weighted by Crippen LogP contribution is -2.18. The summed E-state index contributed by atoms with van der Waals surface area (Å²) in [6.45, 7) is 12.0. The molecule has 0 radical (unpaired) electrons. The average molecular weight is 381 g/mol. The lowest BCUT2D eigenvalue weighted by molar-refractivity contribution is 0.623. The molecule has 1 aromatic heterocycles. The largest absolute Gasteiger partial charge is 0.467 e. The van der Waals surface area contributed by atoms with Crippen molar-refractivity contribution in [3.05, 3.63) is 75.3 Å². The molecule has 0 aliphatic carbocycles. The quantitative estimate of drug-likeness (QED) is 0.554. The van der Waals surface area contributed by atoms with Gasteiger partial charge >= 0.3 is 7.40 Å². The molecule has 0 unspecified atom stereocenters. The molecule has 0 spiro atoms. The molecule has 0 atom stereocenters. The van der Waals surface area contributed by atoms with Crippen LogP contribution in [0, 0.1) is 13.8 Å². The maximum absolute atomic E-state index is 14.3. The van der Waals surface area contributed by atoms with E-state index in [9.17, 15) is 8.63 Å². The van der Waals surface area contributed by atoms with Crippen molar-refractivity contribution in [3.8, 4) is 0 Å². The van der Waals surface area contributed by atoms with Gasteiger partial charge in [-0.15, -0.1) is 0 Å². The summed E-state index contributed by atoms with van der Waals surface area (Å²) in [5.74, 6) is 0. The SMILES string of the molecule is CCC1=C(C)/C(=C(\c2ccccc2)c2c(C)c(CC)c(C)n2[BH-](F)F)N=C1C. The maximum Gasteiger partial charge on any atom is 0.400 e.